The van der Waals surface area contributed by atoms with Crippen molar-refractivity contribution in [2.24, 2.45) is 4.99 Å². The number of hydrogen-bond acceptors (Lipinski definition) is 10. The molecule has 0 fully saturated rings. The van der Waals surface area contributed by atoms with Crippen LogP contribution in [-0.2, 0) is 14.4 Å². The van der Waals surface area contributed by atoms with Gasteiger partial charge in [-0.2, -0.15) is 0 Å². The Kier molecular flexibility index (Phi) is 34.9. The molecule has 0 aromatic rings. The van der Waals surface area contributed by atoms with Gasteiger partial charge in [-0.1, -0.05) is 65.2 Å². The molecule has 13 heteroatoms. The van der Waals surface area contributed by atoms with Gasteiger partial charge in [0.05, 0.1) is 31.3 Å². The molecule has 4 N–H and O–H groups in total. The van der Waals surface area contributed by atoms with Crippen LogP contribution in [0.3, 0.4) is 0 Å². The van der Waals surface area contributed by atoms with Gasteiger partial charge in [-0.3, -0.25) is 19.4 Å². The van der Waals surface area contributed by atoms with Gasteiger partial charge in [0.1, 0.15) is 0 Å². The second-order valence-corrected chi connectivity index (χ2v) is 10.9. The summed E-state index contributed by atoms with van der Waals surface area (Å²) in [7, 11) is 0. The van der Waals surface area contributed by atoms with Crippen molar-refractivity contribution in [1.29, 1.82) is 0 Å². The largest absolute Gasteiger partial charge is 2.00 e. The number of nitrogens with zero attached hydrogens (tertiary/aromatic N) is 3. The molecule has 2 unspecified atom stereocenters. The first-order chi connectivity index (χ1) is 19.9. The van der Waals surface area contributed by atoms with Gasteiger partial charge in [0.2, 0.25) is 5.91 Å². The Balaban J connectivity index is -0.000000727. The van der Waals surface area contributed by atoms with Gasteiger partial charge in [-0.15, -0.1) is 0 Å². The summed E-state index contributed by atoms with van der Waals surface area (Å²) in [4.78, 5) is 40.0. The molecule has 2 atom stereocenters. The number of carboxylic acids is 2. The molecule has 0 radical (unpaired) electrons. The van der Waals surface area contributed by atoms with Crippen LogP contribution in [0.4, 0.5) is 0 Å². The predicted octanol–water partition coefficient (Wildman–Crippen LogP) is 0.388. The summed E-state index contributed by atoms with van der Waals surface area (Å²) in [5, 5.41) is 52.3. The number of unbranched alkanes of at least 4 members (excludes halogenated alkanes) is 8. The molecular weight excluding hydrogens is 584 g/mol. The van der Waals surface area contributed by atoms with Crippen molar-refractivity contribution in [3.05, 3.63) is 0 Å². The van der Waals surface area contributed by atoms with Gasteiger partial charge in [0, 0.05) is 45.7 Å². The fraction of sp³-hybridized carbons (Fsp3) is 0.867. The van der Waals surface area contributed by atoms with E-state index in [2.05, 4.69) is 24.2 Å². The van der Waals surface area contributed by atoms with E-state index >= 15 is 0 Å². The number of aliphatic imine (C=N–C) groups is 1. The molecule has 0 saturated heterocycles. The van der Waals surface area contributed by atoms with Gasteiger partial charge in [-0.05, 0) is 39.0 Å². The average Bonchev–Trinajstić information content (AvgIpc) is 2.87. The molecule has 0 aromatic carbocycles. The molecule has 1 amide bonds. The summed E-state index contributed by atoms with van der Waals surface area (Å²) in [6.07, 6.45) is 10.8. The maximum absolute atomic E-state index is 11.6. The standard InChI is InChI=1S/2C15H30N2O4.Ca/c2*1-3-4-5-6-7-8-14(19)16-9-10-17(11-13(2)18)12-15(20)21;/h2*13,18H,3-12H2,1-2H3,(H,16,19)(H,20,21);/q;;+2/p-2. The van der Waals surface area contributed by atoms with Crippen LogP contribution in [0.5, 0.6) is 0 Å². The van der Waals surface area contributed by atoms with Crippen LogP contribution in [0.2, 0.25) is 0 Å². The van der Waals surface area contributed by atoms with Crippen LogP contribution in [0.15, 0.2) is 4.99 Å². The minimum absolute atomic E-state index is 0. The number of carboxylic acid groups (broad SMARTS) is 2. The number of carbonyl (C=O) groups excluding carboxylic acids is 2. The van der Waals surface area contributed by atoms with Crippen LogP contribution in [0.1, 0.15) is 105 Å². The zero-order chi connectivity index (χ0) is 32.2. The van der Waals surface area contributed by atoms with Crippen molar-refractivity contribution in [1.82, 2.24) is 15.1 Å². The normalized spacial score (nSPS) is 12.7. The van der Waals surface area contributed by atoms with E-state index in [-0.39, 0.29) is 75.7 Å². The van der Waals surface area contributed by atoms with E-state index in [0.717, 1.165) is 32.1 Å². The van der Waals surface area contributed by atoms with E-state index in [4.69, 9.17) is 5.11 Å². The predicted molar refractivity (Wildman–Crippen MR) is 167 cm³/mol. The van der Waals surface area contributed by atoms with E-state index in [0.29, 0.717) is 39.0 Å². The number of aliphatic hydroxyl groups is 2. The zero-order valence-corrected chi connectivity index (χ0v) is 29.4. The van der Waals surface area contributed by atoms with Crippen LogP contribution in [0.25, 0.3) is 0 Å². The van der Waals surface area contributed by atoms with Crippen molar-refractivity contribution in [2.75, 3.05) is 52.4 Å². The molecule has 248 valence electrons. The molecule has 43 heavy (non-hydrogen) atoms. The molecule has 0 aliphatic heterocycles. The smallest absolute Gasteiger partial charge is 0.862 e. The molecule has 0 aliphatic rings. The van der Waals surface area contributed by atoms with Crippen molar-refractivity contribution < 1.29 is 39.9 Å². The number of hydrogen-bond donors (Lipinski definition) is 4. The first-order valence-corrected chi connectivity index (χ1v) is 15.6. The number of aliphatic hydroxyl groups excluding tert-OH is 2. The van der Waals surface area contributed by atoms with Gasteiger partial charge in [-0.25, -0.2) is 0 Å². The van der Waals surface area contributed by atoms with E-state index < -0.39 is 24.1 Å². The zero-order valence-electron chi connectivity index (χ0n) is 27.2. The van der Waals surface area contributed by atoms with Crippen LogP contribution in [0, 0.1) is 0 Å². The van der Waals surface area contributed by atoms with Gasteiger partial charge >= 0.3 is 43.7 Å². The quantitative estimate of drug-likeness (QED) is 0.0445. The third kappa shape index (κ3) is 37.1. The summed E-state index contributed by atoms with van der Waals surface area (Å²) >= 11 is 0. The molecule has 0 aromatic heterocycles. The molecule has 0 bridgehead atoms. The number of aliphatic carboxylic acids is 2. The molecule has 0 rings (SSSR count). The maximum Gasteiger partial charge on any atom is 2.00 e. The molecule has 0 saturated carbocycles. The summed E-state index contributed by atoms with van der Waals surface area (Å²) in [5.41, 5.74) is 0. The van der Waals surface area contributed by atoms with Gasteiger partial charge in [0.25, 0.3) is 0 Å². The number of nitrogens with one attached hydrogen (secondary N) is 1. The van der Waals surface area contributed by atoms with Crippen molar-refractivity contribution >= 4 is 61.5 Å². The third-order valence-corrected chi connectivity index (χ3v) is 6.21. The third-order valence-electron chi connectivity index (χ3n) is 6.21. The molecule has 0 spiro atoms. The Bertz CT molecular complexity index is 726. The Morgan fingerprint density at radius 3 is 1.72 bits per heavy atom. The van der Waals surface area contributed by atoms with E-state index in [1.807, 2.05) is 0 Å². The first-order valence-electron chi connectivity index (χ1n) is 15.6. The van der Waals surface area contributed by atoms with Crippen LogP contribution >= 0.6 is 0 Å². The minimum atomic E-state index is -1.20. The van der Waals surface area contributed by atoms with Gasteiger partial charge < -0.3 is 40.6 Å². The van der Waals surface area contributed by atoms with Crippen LogP contribution in [-0.4, -0.2) is 151 Å². The van der Waals surface area contributed by atoms with E-state index in [1.54, 1.807) is 18.7 Å². The van der Waals surface area contributed by atoms with Crippen molar-refractivity contribution in [3.63, 3.8) is 0 Å². The molecular formula is C30H58CaN4O8. The number of amides is 1. The topological polar surface area (TPSA) is 189 Å². The van der Waals surface area contributed by atoms with E-state index in [9.17, 15) is 34.8 Å². The molecule has 0 heterocycles. The van der Waals surface area contributed by atoms with Crippen molar-refractivity contribution in [2.45, 2.75) is 117 Å². The Morgan fingerprint density at radius 1 is 0.767 bits per heavy atom. The second-order valence-electron chi connectivity index (χ2n) is 10.9. The fourth-order valence-electron chi connectivity index (χ4n) is 4.20. The SMILES string of the molecule is CCCCCCCC(=O)NCCN(CC(=O)O)CC(C)O.CCCCCCCC([O-])=NCCN(CC(=O)[O-])CC(C)O.[Ca+2]. The first kappa shape index (κ1) is 46.4. The Hall–Kier alpha value is -1.02. The minimum Gasteiger partial charge on any atom is -0.862 e. The van der Waals surface area contributed by atoms with E-state index in [1.165, 1.54) is 37.0 Å². The second kappa shape index (κ2) is 32.4. The van der Waals surface area contributed by atoms with Gasteiger partial charge in [0.15, 0.2) is 0 Å². The fourth-order valence-corrected chi connectivity index (χ4v) is 4.20. The summed E-state index contributed by atoms with van der Waals surface area (Å²) in [6.45, 7) is 9.07. The summed E-state index contributed by atoms with van der Waals surface area (Å²) in [5.74, 6) is -2.24. The van der Waals surface area contributed by atoms with Crippen molar-refractivity contribution in [3.8, 4) is 0 Å². The maximum atomic E-state index is 11.6. The molecule has 0 aliphatic carbocycles. The summed E-state index contributed by atoms with van der Waals surface area (Å²) < 4.78 is 0. The average molecular weight is 643 g/mol. The molecule has 12 nitrogen and oxygen atoms in total. The Labute approximate surface area is 289 Å². The monoisotopic (exact) mass is 642 g/mol. The van der Waals surface area contributed by atoms with Crippen LogP contribution < -0.4 is 15.5 Å². The number of rotatable bonds is 26. The summed E-state index contributed by atoms with van der Waals surface area (Å²) in [6, 6.07) is 0. The number of carbonyl (C=O) groups is 3. The Morgan fingerprint density at radius 2 is 1.26 bits per heavy atom.